The van der Waals surface area contributed by atoms with E-state index in [2.05, 4.69) is 20.2 Å². The van der Waals surface area contributed by atoms with E-state index in [1.54, 1.807) is 17.3 Å². The molecule has 0 aliphatic carbocycles. The number of nitrogens with zero attached hydrogens (tertiary/aromatic N) is 5. The summed E-state index contributed by atoms with van der Waals surface area (Å²) in [6, 6.07) is 11.3. The molecular formula is C20H19N5O2S. The number of ether oxygens (including phenoxy) is 1. The molecule has 8 heteroatoms. The standard InChI is InChI=1S/C20H19N5O2S/c1-3-7-16(26)25-15-10-5-4-9-14(15)17-18(22-20(28-2)24-23-17)27-19(25)13-8-6-11-21-12-13/h4-6,8-12,19H,3,7H2,1-2H3. The van der Waals surface area contributed by atoms with E-state index in [1.807, 2.05) is 49.6 Å². The van der Waals surface area contributed by atoms with Crippen molar-refractivity contribution >= 4 is 23.4 Å². The Bertz CT molecular complexity index is 999. The van der Waals surface area contributed by atoms with E-state index in [-0.39, 0.29) is 5.91 Å². The van der Waals surface area contributed by atoms with Gasteiger partial charge in [0.05, 0.1) is 5.69 Å². The minimum absolute atomic E-state index is 0.0327. The Morgan fingerprint density at radius 1 is 1.21 bits per heavy atom. The molecule has 1 aromatic carbocycles. The van der Waals surface area contributed by atoms with Crippen LogP contribution >= 0.6 is 11.8 Å². The summed E-state index contributed by atoms with van der Waals surface area (Å²) < 4.78 is 6.29. The van der Waals surface area contributed by atoms with Crippen molar-refractivity contribution in [3.05, 3.63) is 54.4 Å². The third-order valence-corrected chi connectivity index (χ3v) is 4.93. The van der Waals surface area contributed by atoms with Crippen LogP contribution in [0.25, 0.3) is 11.3 Å². The summed E-state index contributed by atoms with van der Waals surface area (Å²) in [6.07, 6.45) is 5.72. The number of hydrogen-bond acceptors (Lipinski definition) is 7. The van der Waals surface area contributed by atoms with Crippen LogP contribution in [0.15, 0.2) is 53.9 Å². The summed E-state index contributed by atoms with van der Waals surface area (Å²) in [7, 11) is 0. The summed E-state index contributed by atoms with van der Waals surface area (Å²) in [5.41, 5.74) is 2.77. The molecule has 0 fully saturated rings. The Kier molecular flexibility index (Phi) is 5.21. The maximum Gasteiger partial charge on any atom is 0.247 e. The van der Waals surface area contributed by atoms with Gasteiger partial charge in [0.25, 0.3) is 0 Å². The highest BCUT2D eigenvalue weighted by Gasteiger charge is 2.35. The van der Waals surface area contributed by atoms with E-state index in [0.29, 0.717) is 23.2 Å². The summed E-state index contributed by atoms with van der Waals surface area (Å²) in [6.45, 7) is 1.98. The normalized spacial score (nSPS) is 15.2. The molecule has 1 atom stereocenters. The summed E-state index contributed by atoms with van der Waals surface area (Å²) >= 11 is 1.38. The second kappa shape index (κ2) is 7.93. The van der Waals surface area contributed by atoms with Crippen LogP contribution in [0.4, 0.5) is 5.69 Å². The van der Waals surface area contributed by atoms with Crippen molar-refractivity contribution in [3.8, 4) is 17.1 Å². The zero-order valence-electron chi connectivity index (χ0n) is 15.6. The third kappa shape index (κ3) is 3.31. The van der Waals surface area contributed by atoms with Crippen LogP contribution in [0.2, 0.25) is 0 Å². The Hall–Kier alpha value is -3.00. The third-order valence-electron chi connectivity index (χ3n) is 4.40. The van der Waals surface area contributed by atoms with Gasteiger partial charge in [0.2, 0.25) is 23.2 Å². The highest BCUT2D eigenvalue weighted by Crippen LogP contribution is 2.43. The monoisotopic (exact) mass is 393 g/mol. The summed E-state index contributed by atoms with van der Waals surface area (Å²) in [5.74, 6) is 0.321. The van der Waals surface area contributed by atoms with Crippen molar-refractivity contribution in [2.45, 2.75) is 31.1 Å². The van der Waals surface area contributed by atoms with Crippen molar-refractivity contribution in [1.82, 2.24) is 20.2 Å². The molecule has 1 aliphatic heterocycles. The number of fused-ring (bicyclic) bond motifs is 3. The first-order valence-corrected chi connectivity index (χ1v) is 10.2. The number of thioether (sulfide) groups is 1. The quantitative estimate of drug-likeness (QED) is 0.622. The lowest BCUT2D eigenvalue weighted by molar-refractivity contribution is -0.120. The fraction of sp³-hybridized carbons (Fsp3) is 0.250. The zero-order valence-corrected chi connectivity index (χ0v) is 16.4. The molecule has 0 spiro atoms. The number of para-hydroxylation sites is 1. The van der Waals surface area contributed by atoms with Crippen molar-refractivity contribution in [2.75, 3.05) is 11.2 Å². The van der Waals surface area contributed by atoms with Crippen LogP contribution < -0.4 is 9.64 Å². The molecule has 7 nitrogen and oxygen atoms in total. The van der Waals surface area contributed by atoms with Gasteiger partial charge in [0.15, 0.2) is 5.69 Å². The van der Waals surface area contributed by atoms with E-state index in [1.165, 1.54) is 11.8 Å². The van der Waals surface area contributed by atoms with Crippen LogP contribution in [0.1, 0.15) is 31.6 Å². The SMILES string of the molecule is CCCC(=O)N1c2ccccc2-c2nnc(SC)nc2OC1c1cccnc1. The van der Waals surface area contributed by atoms with E-state index < -0.39 is 6.23 Å². The Labute approximate surface area is 167 Å². The minimum Gasteiger partial charge on any atom is -0.447 e. The van der Waals surface area contributed by atoms with E-state index in [9.17, 15) is 4.79 Å². The van der Waals surface area contributed by atoms with Gasteiger partial charge in [-0.1, -0.05) is 43.0 Å². The van der Waals surface area contributed by atoms with Crippen molar-refractivity contribution in [3.63, 3.8) is 0 Å². The predicted octanol–water partition coefficient (Wildman–Crippen LogP) is 3.88. The molecule has 0 radical (unpaired) electrons. The predicted molar refractivity (Wildman–Crippen MR) is 107 cm³/mol. The molecule has 142 valence electrons. The van der Waals surface area contributed by atoms with E-state index >= 15 is 0 Å². The highest BCUT2D eigenvalue weighted by atomic mass is 32.2. The van der Waals surface area contributed by atoms with Gasteiger partial charge in [-0.15, -0.1) is 10.2 Å². The second-order valence-electron chi connectivity index (χ2n) is 6.24. The Balaban J connectivity index is 1.95. The van der Waals surface area contributed by atoms with Crippen LogP contribution in [0.3, 0.4) is 0 Å². The number of aromatic nitrogens is 4. The first-order valence-electron chi connectivity index (χ1n) is 8.99. The molecule has 3 heterocycles. The number of amides is 1. The lowest BCUT2D eigenvalue weighted by Gasteiger charge is -2.30. The lowest BCUT2D eigenvalue weighted by atomic mass is 10.1. The van der Waals surface area contributed by atoms with Gasteiger partial charge in [0.1, 0.15) is 0 Å². The molecular weight excluding hydrogens is 374 g/mol. The van der Waals surface area contributed by atoms with Gasteiger partial charge in [-0.05, 0) is 24.8 Å². The minimum atomic E-state index is -0.693. The Morgan fingerprint density at radius 3 is 2.82 bits per heavy atom. The van der Waals surface area contributed by atoms with Crippen molar-refractivity contribution < 1.29 is 9.53 Å². The van der Waals surface area contributed by atoms with Crippen LogP contribution in [0, 0.1) is 0 Å². The average Bonchev–Trinajstić information content (AvgIpc) is 2.88. The van der Waals surface area contributed by atoms with Crippen LogP contribution in [-0.4, -0.2) is 32.3 Å². The van der Waals surface area contributed by atoms with Crippen molar-refractivity contribution in [1.29, 1.82) is 0 Å². The van der Waals surface area contributed by atoms with Crippen LogP contribution in [-0.2, 0) is 4.79 Å². The maximum atomic E-state index is 13.1. The van der Waals surface area contributed by atoms with E-state index in [4.69, 9.17) is 4.74 Å². The molecule has 28 heavy (non-hydrogen) atoms. The number of benzene rings is 1. The number of carbonyl (C=O) groups excluding carboxylic acids is 1. The fourth-order valence-electron chi connectivity index (χ4n) is 3.14. The molecule has 0 saturated carbocycles. The first kappa shape index (κ1) is 18.4. The number of pyridine rings is 1. The van der Waals surface area contributed by atoms with Gasteiger partial charge in [0, 0.05) is 29.9 Å². The van der Waals surface area contributed by atoms with Gasteiger partial charge in [-0.25, -0.2) is 0 Å². The number of hydrogen-bond donors (Lipinski definition) is 0. The molecule has 0 N–H and O–H groups in total. The molecule has 0 saturated heterocycles. The molecule has 0 bridgehead atoms. The van der Waals surface area contributed by atoms with Gasteiger partial charge in [-0.3, -0.25) is 14.7 Å². The smallest absolute Gasteiger partial charge is 0.247 e. The zero-order chi connectivity index (χ0) is 19.5. The van der Waals surface area contributed by atoms with Crippen LogP contribution in [0.5, 0.6) is 5.88 Å². The number of rotatable bonds is 4. The topological polar surface area (TPSA) is 81.1 Å². The molecule has 1 unspecified atom stereocenters. The lowest BCUT2D eigenvalue weighted by Crippen LogP contribution is -2.37. The number of anilines is 1. The fourth-order valence-corrected chi connectivity index (χ4v) is 3.44. The molecule has 2 aromatic heterocycles. The summed E-state index contributed by atoms with van der Waals surface area (Å²) in [4.78, 5) is 23.5. The van der Waals surface area contributed by atoms with Crippen molar-refractivity contribution in [2.24, 2.45) is 0 Å². The first-order chi connectivity index (χ1) is 13.7. The Morgan fingerprint density at radius 2 is 2.07 bits per heavy atom. The van der Waals surface area contributed by atoms with Gasteiger partial charge < -0.3 is 4.74 Å². The van der Waals surface area contributed by atoms with Gasteiger partial charge in [-0.2, -0.15) is 4.98 Å². The molecule has 1 aliphatic rings. The molecule has 3 aromatic rings. The number of carbonyl (C=O) groups is 1. The molecule has 1 amide bonds. The summed E-state index contributed by atoms with van der Waals surface area (Å²) in [5, 5.41) is 9.02. The maximum absolute atomic E-state index is 13.1. The van der Waals surface area contributed by atoms with E-state index in [0.717, 1.165) is 23.2 Å². The largest absolute Gasteiger partial charge is 0.447 e. The average molecular weight is 393 g/mol. The van der Waals surface area contributed by atoms with Gasteiger partial charge >= 0.3 is 0 Å². The molecule has 4 rings (SSSR count). The highest BCUT2D eigenvalue weighted by molar-refractivity contribution is 7.98. The second-order valence-corrected chi connectivity index (χ2v) is 7.01.